The van der Waals surface area contributed by atoms with Crippen LogP contribution in [0.1, 0.15) is 36.8 Å². The van der Waals surface area contributed by atoms with Crippen LogP contribution in [0, 0.1) is 0 Å². The van der Waals surface area contributed by atoms with Crippen molar-refractivity contribution in [1.29, 1.82) is 0 Å². The summed E-state index contributed by atoms with van der Waals surface area (Å²) in [5, 5.41) is 27.4. The molecule has 0 radical (unpaired) electrons. The Balaban J connectivity index is 0.00000306. The van der Waals surface area contributed by atoms with Gasteiger partial charge in [0.15, 0.2) is 11.5 Å². The van der Waals surface area contributed by atoms with Gasteiger partial charge >= 0.3 is 0 Å². The summed E-state index contributed by atoms with van der Waals surface area (Å²) in [5.41, 5.74) is 2.44. The number of phenolic OH excluding ortho intramolecular Hbond substituents is 2. The Kier molecular flexibility index (Phi) is 16.9. The number of aromatic hydroxyl groups is 2. The maximum atomic E-state index is 10.4. The molecule has 0 aromatic heterocycles. The van der Waals surface area contributed by atoms with Gasteiger partial charge in [-0.1, -0.05) is 79.2 Å². The first-order valence-corrected chi connectivity index (χ1v) is 12.8. The molecule has 0 aliphatic rings. The molecule has 0 aliphatic heterocycles. The smallest absolute Gasteiger partial charge is 0.171 e. The van der Waals surface area contributed by atoms with Gasteiger partial charge in [-0.05, 0) is 81.2 Å². The topological polar surface area (TPSA) is 64.5 Å². The summed E-state index contributed by atoms with van der Waals surface area (Å²) in [5.74, 6) is -0.0987. The van der Waals surface area contributed by atoms with E-state index in [2.05, 4.69) is 41.0 Å². The maximum Gasteiger partial charge on any atom is 0.171 e. The van der Waals surface area contributed by atoms with Gasteiger partial charge in [0.2, 0.25) is 0 Å². The molecule has 3 aromatic rings. The first-order chi connectivity index (χ1) is 16.2. The van der Waals surface area contributed by atoms with E-state index in [1.54, 1.807) is 6.07 Å². The summed E-state index contributed by atoms with van der Waals surface area (Å²) >= 11 is 1.49. The molecule has 4 nitrogen and oxygen atoms in total. The zero-order valence-electron chi connectivity index (χ0n) is 20.1. The van der Waals surface area contributed by atoms with Crippen molar-refractivity contribution in [3.05, 3.63) is 83.9 Å². The minimum absolute atomic E-state index is 0. The lowest BCUT2D eigenvalue weighted by atomic mass is 10.1. The fourth-order valence-corrected chi connectivity index (χ4v) is 4.76. The normalized spacial score (nSPS) is 10.4. The molecular weight excluding hydrogens is 588 g/mol. The van der Waals surface area contributed by atoms with Gasteiger partial charge in [0.1, 0.15) is 0 Å². The Bertz CT molecular complexity index is 946. The molecule has 4 N–H and O–H groups in total. The van der Waals surface area contributed by atoms with Crippen molar-refractivity contribution in [1.82, 2.24) is 10.6 Å². The van der Waals surface area contributed by atoms with Gasteiger partial charge in [-0.3, -0.25) is 0 Å². The molecule has 0 saturated carbocycles. The predicted molar refractivity (Wildman–Crippen MR) is 159 cm³/mol. The fourth-order valence-electron chi connectivity index (χ4n) is 3.72. The predicted octanol–water partition coefficient (Wildman–Crippen LogP) is 6.93. The largest absolute Gasteiger partial charge is 0.504 e. The maximum absolute atomic E-state index is 10.4. The van der Waals surface area contributed by atoms with E-state index >= 15 is 0 Å². The molecule has 0 amide bonds. The average molecular weight is 626 g/mol. The van der Waals surface area contributed by atoms with Crippen LogP contribution in [0.3, 0.4) is 0 Å². The summed E-state index contributed by atoms with van der Waals surface area (Å²) in [7, 11) is 0. The molecule has 0 unspecified atom stereocenters. The monoisotopic (exact) mass is 624 g/mol. The standard InChI is InChI=1S/C28H36N2O2S.2BrH/c31-26-16-15-24(28(27(26)32)33-25-13-7-4-8-14-25)18-22-30-20-10-2-1-9-19-29-21-17-23-11-5-3-6-12-23;;/h3-8,11-16,29-32H,1-2,9-10,17-22H2;2*1H. The molecule has 0 fully saturated rings. The van der Waals surface area contributed by atoms with Crippen LogP contribution in [0.2, 0.25) is 0 Å². The van der Waals surface area contributed by atoms with Crippen molar-refractivity contribution in [2.45, 2.75) is 48.3 Å². The van der Waals surface area contributed by atoms with Crippen LogP contribution >= 0.6 is 45.7 Å². The zero-order chi connectivity index (χ0) is 23.1. The summed E-state index contributed by atoms with van der Waals surface area (Å²) in [6.07, 6.45) is 6.80. The van der Waals surface area contributed by atoms with Crippen LogP contribution in [0.4, 0.5) is 0 Å². The van der Waals surface area contributed by atoms with E-state index in [0.717, 1.165) is 54.4 Å². The van der Waals surface area contributed by atoms with E-state index < -0.39 is 0 Å². The summed E-state index contributed by atoms with van der Waals surface area (Å²) < 4.78 is 0. The third kappa shape index (κ3) is 11.8. The number of rotatable bonds is 15. The van der Waals surface area contributed by atoms with E-state index in [1.165, 1.54) is 43.0 Å². The van der Waals surface area contributed by atoms with Gasteiger partial charge < -0.3 is 20.8 Å². The molecule has 3 aromatic carbocycles. The van der Waals surface area contributed by atoms with E-state index in [9.17, 15) is 10.2 Å². The van der Waals surface area contributed by atoms with Gasteiger partial charge in [-0.25, -0.2) is 0 Å². The molecule has 192 valence electrons. The lowest BCUT2D eigenvalue weighted by Gasteiger charge is -2.13. The number of halogens is 2. The average Bonchev–Trinajstić information content (AvgIpc) is 2.85. The van der Waals surface area contributed by atoms with Gasteiger partial charge in [0.25, 0.3) is 0 Å². The van der Waals surface area contributed by atoms with Crippen molar-refractivity contribution < 1.29 is 10.2 Å². The second kappa shape index (κ2) is 18.7. The highest BCUT2D eigenvalue weighted by molar-refractivity contribution is 8.93. The highest BCUT2D eigenvalue weighted by Crippen LogP contribution is 2.42. The third-order valence-electron chi connectivity index (χ3n) is 5.62. The van der Waals surface area contributed by atoms with Crippen LogP contribution < -0.4 is 10.6 Å². The quantitative estimate of drug-likeness (QED) is 0.109. The molecule has 35 heavy (non-hydrogen) atoms. The highest BCUT2D eigenvalue weighted by atomic mass is 79.9. The van der Waals surface area contributed by atoms with Crippen molar-refractivity contribution in [3.8, 4) is 11.5 Å². The molecule has 3 rings (SSSR count). The zero-order valence-corrected chi connectivity index (χ0v) is 24.4. The van der Waals surface area contributed by atoms with Crippen LogP contribution in [0.5, 0.6) is 11.5 Å². The molecular formula is C28H38Br2N2O2S. The summed E-state index contributed by atoms with van der Waals surface area (Å²) in [4.78, 5) is 1.78. The van der Waals surface area contributed by atoms with E-state index in [4.69, 9.17) is 0 Å². The number of unbranched alkanes of at least 4 members (excludes halogenated alkanes) is 3. The van der Waals surface area contributed by atoms with E-state index in [1.807, 2.05) is 36.4 Å². The number of hydrogen-bond donors (Lipinski definition) is 4. The minimum atomic E-state index is -0.0697. The van der Waals surface area contributed by atoms with E-state index in [-0.39, 0.29) is 45.5 Å². The third-order valence-corrected chi connectivity index (χ3v) is 6.78. The first-order valence-electron chi connectivity index (χ1n) is 12.0. The minimum Gasteiger partial charge on any atom is -0.504 e. The lowest BCUT2D eigenvalue weighted by molar-refractivity contribution is 0.393. The van der Waals surface area contributed by atoms with Crippen LogP contribution in [0.15, 0.2) is 82.6 Å². The van der Waals surface area contributed by atoms with Gasteiger partial charge in [-0.2, -0.15) is 0 Å². The highest BCUT2D eigenvalue weighted by Gasteiger charge is 2.13. The molecule has 0 bridgehead atoms. The first kappa shape index (κ1) is 31.5. The van der Waals surface area contributed by atoms with Crippen molar-refractivity contribution in [3.63, 3.8) is 0 Å². The molecule has 7 heteroatoms. The molecule has 0 heterocycles. The van der Waals surface area contributed by atoms with E-state index in [0.29, 0.717) is 0 Å². The molecule has 0 aliphatic carbocycles. The Labute approximate surface area is 235 Å². The summed E-state index contributed by atoms with van der Waals surface area (Å²) in [6, 6.07) is 24.1. The second-order valence-electron chi connectivity index (χ2n) is 8.24. The second-order valence-corrected chi connectivity index (χ2v) is 9.32. The molecule has 0 spiro atoms. The number of hydrogen-bond acceptors (Lipinski definition) is 5. The molecule has 0 saturated heterocycles. The Morgan fingerprint density at radius 3 is 1.80 bits per heavy atom. The Morgan fingerprint density at radius 1 is 0.600 bits per heavy atom. The van der Waals surface area contributed by atoms with Gasteiger partial charge in [0, 0.05) is 4.90 Å². The lowest BCUT2D eigenvalue weighted by Crippen LogP contribution is -2.19. The van der Waals surface area contributed by atoms with Crippen LogP contribution in [0.25, 0.3) is 0 Å². The number of nitrogens with one attached hydrogen (secondary N) is 2. The Morgan fingerprint density at radius 2 is 1.17 bits per heavy atom. The van der Waals surface area contributed by atoms with Crippen LogP contribution in [-0.2, 0) is 12.8 Å². The number of benzene rings is 3. The van der Waals surface area contributed by atoms with Gasteiger partial charge in [0.05, 0.1) is 4.90 Å². The molecule has 0 atom stereocenters. The number of phenols is 2. The summed E-state index contributed by atoms with van der Waals surface area (Å²) in [6.45, 7) is 4.00. The fraction of sp³-hybridized carbons (Fsp3) is 0.357. The van der Waals surface area contributed by atoms with Crippen molar-refractivity contribution >= 4 is 45.7 Å². The van der Waals surface area contributed by atoms with Gasteiger partial charge in [-0.15, -0.1) is 34.0 Å². The van der Waals surface area contributed by atoms with Crippen molar-refractivity contribution in [2.75, 3.05) is 26.2 Å². The Hall–Kier alpha value is -1.51. The van der Waals surface area contributed by atoms with Crippen molar-refractivity contribution in [2.24, 2.45) is 0 Å². The SMILES string of the molecule is Br.Br.Oc1ccc(CCNCCCCCCNCCc2ccccc2)c(Sc2ccccc2)c1O. The van der Waals surface area contributed by atoms with Crippen LogP contribution in [-0.4, -0.2) is 36.4 Å².